The predicted octanol–water partition coefficient (Wildman–Crippen LogP) is 2.92. The third-order valence-electron chi connectivity index (χ3n) is 2.44. The highest BCUT2D eigenvalue weighted by Gasteiger charge is 2.15. The molecule has 1 N–H and O–H groups in total. The van der Waals surface area contributed by atoms with E-state index in [4.69, 9.17) is 10.00 Å². The molecule has 0 aliphatic rings. The molecule has 0 unspecified atom stereocenters. The lowest BCUT2D eigenvalue weighted by atomic mass is 9.99. The first kappa shape index (κ1) is 13.1. The lowest BCUT2D eigenvalue weighted by Crippen LogP contribution is -2.17. The lowest BCUT2D eigenvalue weighted by Gasteiger charge is -2.18. The molecule has 0 atom stereocenters. The van der Waals surface area contributed by atoms with Gasteiger partial charge in [0.1, 0.15) is 12.0 Å². The van der Waals surface area contributed by atoms with Crippen LogP contribution < -0.4 is 4.74 Å². The highest BCUT2D eigenvalue weighted by atomic mass is 16.5. The number of rotatable bonds is 3. The van der Waals surface area contributed by atoms with Crippen molar-refractivity contribution in [1.29, 1.82) is 5.26 Å². The average molecular weight is 256 g/mol. The molecule has 0 fully saturated rings. The Bertz CT molecular complexity index is 643. The Morgan fingerprint density at radius 3 is 2.89 bits per heavy atom. The van der Waals surface area contributed by atoms with Gasteiger partial charge in [0.2, 0.25) is 5.88 Å². The maximum Gasteiger partial charge on any atom is 0.226 e. The second kappa shape index (κ2) is 5.11. The Kier molecular flexibility index (Phi) is 3.52. The molecule has 98 valence electrons. The number of nitriles is 1. The van der Waals surface area contributed by atoms with E-state index in [1.165, 1.54) is 12.4 Å². The Morgan fingerprint density at radius 2 is 2.21 bits per heavy atom. The zero-order chi connectivity index (χ0) is 13.9. The number of ether oxygens (including phenoxy) is 1. The van der Waals surface area contributed by atoms with Gasteiger partial charge in [-0.25, -0.2) is 9.97 Å². The van der Waals surface area contributed by atoms with E-state index in [1.54, 1.807) is 12.3 Å². The van der Waals surface area contributed by atoms with Crippen LogP contribution in [0.15, 0.2) is 18.6 Å². The van der Waals surface area contributed by atoms with Gasteiger partial charge in [0.05, 0.1) is 18.1 Å². The largest absolute Gasteiger partial charge is 0.477 e. The number of fused-ring (bicyclic) bond motifs is 1. The summed E-state index contributed by atoms with van der Waals surface area (Å²) in [4.78, 5) is 11.4. The monoisotopic (exact) mass is 256 g/mol. The van der Waals surface area contributed by atoms with E-state index in [1.807, 2.05) is 6.07 Å². The summed E-state index contributed by atoms with van der Waals surface area (Å²) >= 11 is 0. The fraction of sp³-hybridized carbons (Fsp3) is 0.357. The molecule has 0 saturated heterocycles. The van der Waals surface area contributed by atoms with Crippen molar-refractivity contribution in [1.82, 2.24) is 15.0 Å². The normalized spacial score (nSPS) is 11.9. The summed E-state index contributed by atoms with van der Waals surface area (Å²) in [5.74, 6) is 0.541. The van der Waals surface area contributed by atoms with Crippen molar-refractivity contribution in [2.45, 2.75) is 20.8 Å². The van der Waals surface area contributed by atoms with Crippen molar-refractivity contribution in [2.24, 2.45) is 5.41 Å². The summed E-state index contributed by atoms with van der Waals surface area (Å²) in [7, 11) is 0. The van der Waals surface area contributed by atoms with Crippen LogP contribution in [0.4, 0.5) is 0 Å². The van der Waals surface area contributed by atoms with E-state index in [0.717, 1.165) is 10.9 Å². The van der Waals surface area contributed by atoms with Crippen molar-refractivity contribution in [3.05, 3.63) is 24.2 Å². The van der Waals surface area contributed by atoms with Gasteiger partial charge in [0.15, 0.2) is 0 Å². The van der Waals surface area contributed by atoms with Gasteiger partial charge in [-0.15, -0.1) is 0 Å². The smallest absolute Gasteiger partial charge is 0.226 e. The van der Waals surface area contributed by atoms with Crippen LogP contribution in [0.1, 0.15) is 26.3 Å². The Hall–Kier alpha value is -2.35. The molecule has 0 radical (unpaired) electrons. The lowest BCUT2D eigenvalue weighted by molar-refractivity contribution is 0.193. The summed E-state index contributed by atoms with van der Waals surface area (Å²) in [5.41, 5.74) is 1.61. The van der Waals surface area contributed by atoms with Gasteiger partial charge in [-0.3, -0.25) is 0 Å². The first-order valence-electron chi connectivity index (χ1n) is 6.02. The Labute approximate surface area is 111 Å². The van der Waals surface area contributed by atoms with Crippen LogP contribution in [-0.4, -0.2) is 21.6 Å². The molecule has 0 aliphatic carbocycles. The van der Waals surface area contributed by atoms with Gasteiger partial charge in [-0.05, 0) is 11.5 Å². The van der Waals surface area contributed by atoms with E-state index >= 15 is 0 Å². The van der Waals surface area contributed by atoms with Gasteiger partial charge >= 0.3 is 0 Å². The standard InChI is InChI=1S/C14H16N4O/c1-14(2,3)8-19-13-11-10(5-4-6-15)7-16-12(11)17-9-18-13/h4-5,7,9H,8H2,1-3H3,(H,16,17,18)/b5-4-. The summed E-state index contributed by atoms with van der Waals surface area (Å²) in [6.45, 7) is 6.85. The number of nitrogens with one attached hydrogen (secondary N) is 1. The number of nitrogens with zero attached hydrogens (tertiary/aromatic N) is 3. The van der Waals surface area contributed by atoms with E-state index in [-0.39, 0.29) is 5.41 Å². The van der Waals surface area contributed by atoms with Crippen LogP contribution in [0.2, 0.25) is 0 Å². The topological polar surface area (TPSA) is 74.6 Å². The van der Waals surface area contributed by atoms with E-state index in [0.29, 0.717) is 18.1 Å². The number of H-pyrrole nitrogens is 1. The highest BCUT2D eigenvalue weighted by Crippen LogP contribution is 2.27. The van der Waals surface area contributed by atoms with Gasteiger partial charge < -0.3 is 9.72 Å². The summed E-state index contributed by atoms with van der Waals surface area (Å²) in [6, 6.07) is 1.97. The molecule has 0 aliphatic heterocycles. The van der Waals surface area contributed by atoms with Crippen LogP contribution in [0, 0.1) is 16.7 Å². The van der Waals surface area contributed by atoms with Gasteiger partial charge in [-0.1, -0.05) is 20.8 Å². The molecule has 0 aromatic carbocycles. The van der Waals surface area contributed by atoms with E-state index in [2.05, 4.69) is 35.7 Å². The summed E-state index contributed by atoms with van der Waals surface area (Å²) in [6.07, 6.45) is 6.39. The zero-order valence-corrected chi connectivity index (χ0v) is 11.3. The van der Waals surface area contributed by atoms with Gasteiger partial charge in [-0.2, -0.15) is 5.26 Å². The molecule has 0 saturated carbocycles. The molecule has 2 rings (SSSR count). The van der Waals surface area contributed by atoms with Crippen molar-refractivity contribution in [2.75, 3.05) is 6.61 Å². The number of aromatic nitrogens is 3. The molecule has 0 amide bonds. The maximum atomic E-state index is 8.61. The van der Waals surface area contributed by atoms with Crippen LogP contribution in [0.5, 0.6) is 5.88 Å². The van der Waals surface area contributed by atoms with Crippen LogP contribution in [0.3, 0.4) is 0 Å². The van der Waals surface area contributed by atoms with Gasteiger partial charge in [0, 0.05) is 17.8 Å². The Morgan fingerprint density at radius 1 is 1.42 bits per heavy atom. The minimum absolute atomic E-state index is 0.0518. The molecule has 2 heterocycles. The molecule has 19 heavy (non-hydrogen) atoms. The Balaban J connectivity index is 2.40. The fourth-order valence-electron chi connectivity index (χ4n) is 1.61. The number of hydrogen-bond donors (Lipinski definition) is 1. The minimum atomic E-state index is 0.0518. The summed E-state index contributed by atoms with van der Waals surface area (Å²) in [5, 5.41) is 9.41. The third kappa shape index (κ3) is 3.10. The molecule has 5 nitrogen and oxygen atoms in total. The SMILES string of the molecule is CC(C)(C)COc1ncnc2[nH]cc(/C=C\C#N)c12. The minimum Gasteiger partial charge on any atom is -0.477 e. The quantitative estimate of drug-likeness (QED) is 0.857. The van der Waals surface area contributed by atoms with E-state index in [9.17, 15) is 0 Å². The first-order chi connectivity index (χ1) is 9.01. The second-order valence-electron chi connectivity index (χ2n) is 5.46. The predicted molar refractivity (Wildman–Crippen MR) is 73.5 cm³/mol. The molecular formula is C14H16N4O. The third-order valence-corrected chi connectivity index (χ3v) is 2.44. The van der Waals surface area contributed by atoms with Crippen LogP contribution in [-0.2, 0) is 0 Å². The summed E-state index contributed by atoms with van der Waals surface area (Å²) < 4.78 is 5.77. The van der Waals surface area contributed by atoms with Crippen molar-refractivity contribution in [3.63, 3.8) is 0 Å². The van der Waals surface area contributed by atoms with Crippen LogP contribution >= 0.6 is 0 Å². The molecular weight excluding hydrogens is 240 g/mol. The maximum absolute atomic E-state index is 8.61. The molecule has 2 aromatic heterocycles. The molecule has 0 spiro atoms. The number of hydrogen-bond acceptors (Lipinski definition) is 4. The average Bonchev–Trinajstić information content (AvgIpc) is 2.76. The second-order valence-corrected chi connectivity index (χ2v) is 5.46. The van der Waals surface area contributed by atoms with E-state index < -0.39 is 0 Å². The number of allylic oxidation sites excluding steroid dienone is 1. The number of aromatic amines is 1. The van der Waals surface area contributed by atoms with Crippen molar-refractivity contribution >= 4 is 17.1 Å². The van der Waals surface area contributed by atoms with Gasteiger partial charge in [0.25, 0.3) is 0 Å². The van der Waals surface area contributed by atoms with Crippen LogP contribution in [0.25, 0.3) is 17.1 Å². The molecule has 0 bridgehead atoms. The highest BCUT2D eigenvalue weighted by molar-refractivity contribution is 5.90. The molecule has 2 aromatic rings. The van der Waals surface area contributed by atoms with Crippen molar-refractivity contribution < 1.29 is 4.74 Å². The first-order valence-corrected chi connectivity index (χ1v) is 6.02. The molecule has 5 heteroatoms. The zero-order valence-electron chi connectivity index (χ0n) is 11.3. The van der Waals surface area contributed by atoms with Crippen molar-refractivity contribution in [3.8, 4) is 11.9 Å². The fourth-order valence-corrected chi connectivity index (χ4v) is 1.61.